The Hall–Kier alpha value is -1.49. The summed E-state index contributed by atoms with van der Waals surface area (Å²) in [6.07, 6.45) is 4.02. The van der Waals surface area contributed by atoms with Crippen molar-refractivity contribution in [2.24, 2.45) is 0 Å². The molecule has 2 fully saturated rings. The summed E-state index contributed by atoms with van der Waals surface area (Å²) >= 11 is 0. The van der Waals surface area contributed by atoms with Crippen molar-refractivity contribution < 1.29 is 4.74 Å². The summed E-state index contributed by atoms with van der Waals surface area (Å²) in [5, 5.41) is 0. The molecule has 0 amide bonds. The summed E-state index contributed by atoms with van der Waals surface area (Å²) in [4.78, 5) is 9.58. The van der Waals surface area contributed by atoms with Gasteiger partial charge in [-0.2, -0.15) is 4.98 Å². The topological polar surface area (TPSA) is 54.6 Å². The quantitative estimate of drug-likeness (QED) is 0.911. The second-order valence-corrected chi connectivity index (χ2v) is 5.63. The summed E-state index contributed by atoms with van der Waals surface area (Å²) in [7, 11) is 0. The van der Waals surface area contributed by atoms with Gasteiger partial charge in [-0.25, -0.2) is 0 Å². The molecule has 3 rings (SSSR count). The Labute approximate surface area is 120 Å². The van der Waals surface area contributed by atoms with Crippen LogP contribution in [0.3, 0.4) is 0 Å². The van der Waals surface area contributed by atoms with E-state index >= 15 is 0 Å². The summed E-state index contributed by atoms with van der Waals surface area (Å²) in [6.45, 7) is 7.06. The third-order valence-corrected chi connectivity index (χ3v) is 4.32. The largest absolute Gasteiger partial charge is 0.476 e. The zero-order chi connectivity index (χ0) is 13.9. The van der Waals surface area contributed by atoms with Crippen LogP contribution in [0.2, 0.25) is 0 Å². The van der Waals surface area contributed by atoms with Gasteiger partial charge in [-0.05, 0) is 38.4 Å². The molecule has 0 bridgehead atoms. The molecule has 1 atom stereocenters. The zero-order valence-corrected chi connectivity index (χ0v) is 12.2. The summed E-state index contributed by atoms with van der Waals surface area (Å²) < 4.78 is 5.50. The van der Waals surface area contributed by atoms with Crippen molar-refractivity contribution in [3.8, 4) is 5.88 Å². The van der Waals surface area contributed by atoms with Crippen molar-refractivity contribution in [1.29, 1.82) is 0 Å². The molecule has 0 aliphatic carbocycles. The van der Waals surface area contributed by atoms with Gasteiger partial charge >= 0.3 is 0 Å². The smallest absolute Gasteiger partial charge is 0.239 e. The van der Waals surface area contributed by atoms with Gasteiger partial charge in [-0.1, -0.05) is 6.42 Å². The molecular formula is C15H24N4O. The van der Waals surface area contributed by atoms with Crippen LogP contribution in [0.4, 0.5) is 11.5 Å². The Kier molecular flexibility index (Phi) is 3.96. The molecule has 20 heavy (non-hydrogen) atoms. The first-order valence-electron chi connectivity index (χ1n) is 7.66. The number of ether oxygens (including phenoxy) is 1. The molecule has 2 saturated heterocycles. The predicted octanol–water partition coefficient (Wildman–Crippen LogP) is 1.74. The minimum absolute atomic E-state index is 0.566. The lowest BCUT2D eigenvalue weighted by molar-refractivity contribution is 0.133. The third-order valence-electron chi connectivity index (χ3n) is 4.32. The van der Waals surface area contributed by atoms with Crippen LogP contribution in [0.15, 0.2) is 12.1 Å². The summed E-state index contributed by atoms with van der Waals surface area (Å²) in [5.41, 5.74) is 6.51. The summed E-state index contributed by atoms with van der Waals surface area (Å²) in [6, 6.07) is 4.60. The number of aromatic nitrogens is 1. The number of nitrogens with two attached hydrogens (primary N) is 1. The molecule has 0 aromatic carbocycles. The van der Waals surface area contributed by atoms with Crippen molar-refractivity contribution in [3.63, 3.8) is 0 Å². The fourth-order valence-corrected chi connectivity index (χ4v) is 3.23. The molecule has 1 aromatic rings. The highest BCUT2D eigenvalue weighted by Crippen LogP contribution is 2.27. The molecular weight excluding hydrogens is 252 g/mol. The van der Waals surface area contributed by atoms with E-state index in [0.717, 1.165) is 25.5 Å². The molecule has 5 nitrogen and oxygen atoms in total. The van der Waals surface area contributed by atoms with Gasteiger partial charge in [-0.15, -0.1) is 0 Å². The fraction of sp³-hybridized carbons (Fsp3) is 0.667. The monoisotopic (exact) mass is 276 g/mol. The van der Waals surface area contributed by atoms with Gasteiger partial charge in [0, 0.05) is 25.7 Å². The van der Waals surface area contributed by atoms with Crippen LogP contribution in [-0.2, 0) is 0 Å². The van der Waals surface area contributed by atoms with Crippen LogP contribution in [0, 0.1) is 0 Å². The number of piperidine rings is 1. The maximum Gasteiger partial charge on any atom is 0.239 e. The van der Waals surface area contributed by atoms with Crippen LogP contribution in [0.5, 0.6) is 5.88 Å². The van der Waals surface area contributed by atoms with E-state index in [1.165, 1.54) is 25.8 Å². The van der Waals surface area contributed by atoms with E-state index in [9.17, 15) is 0 Å². The maximum atomic E-state index is 5.90. The lowest BCUT2D eigenvalue weighted by Crippen LogP contribution is -2.55. The maximum absolute atomic E-state index is 5.90. The van der Waals surface area contributed by atoms with Crippen LogP contribution >= 0.6 is 0 Å². The van der Waals surface area contributed by atoms with Crippen molar-refractivity contribution in [2.75, 3.05) is 43.4 Å². The standard InChI is InChI=1S/C15H24N4O/c1-2-20-15-13(16)6-7-14(17-15)19-10-9-18-8-4-3-5-12(18)11-19/h6-7,12H,2-5,8-11,16H2,1H3. The number of hydrogen-bond acceptors (Lipinski definition) is 5. The molecule has 0 radical (unpaired) electrons. The average molecular weight is 276 g/mol. The van der Waals surface area contributed by atoms with Crippen molar-refractivity contribution in [3.05, 3.63) is 12.1 Å². The zero-order valence-electron chi connectivity index (χ0n) is 12.2. The van der Waals surface area contributed by atoms with E-state index in [2.05, 4.69) is 14.8 Å². The van der Waals surface area contributed by atoms with Crippen molar-refractivity contribution >= 4 is 11.5 Å². The minimum atomic E-state index is 0.566. The van der Waals surface area contributed by atoms with Gasteiger partial charge in [0.1, 0.15) is 5.82 Å². The highest BCUT2D eigenvalue weighted by atomic mass is 16.5. The molecule has 0 saturated carbocycles. The Balaban J connectivity index is 1.74. The first-order valence-corrected chi connectivity index (χ1v) is 7.66. The molecule has 0 spiro atoms. The molecule has 110 valence electrons. The molecule has 3 heterocycles. The van der Waals surface area contributed by atoms with Gasteiger partial charge in [0.05, 0.1) is 12.3 Å². The van der Waals surface area contributed by atoms with E-state index in [1.54, 1.807) is 0 Å². The van der Waals surface area contributed by atoms with Crippen molar-refractivity contribution in [2.45, 2.75) is 32.2 Å². The average Bonchev–Trinajstić information content (AvgIpc) is 2.49. The van der Waals surface area contributed by atoms with E-state index in [-0.39, 0.29) is 0 Å². The van der Waals surface area contributed by atoms with Gasteiger partial charge in [0.25, 0.3) is 0 Å². The molecule has 1 unspecified atom stereocenters. The lowest BCUT2D eigenvalue weighted by atomic mass is 9.99. The second-order valence-electron chi connectivity index (χ2n) is 5.63. The van der Waals surface area contributed by atoms with Gasteiger partial charge in [-0.3, -0.25) is 4.90 Å². The number of fused-ring (bicyclic) bond motifs is 1. The number of rotatable bonds is 3. The summed E-state index contributed by atoms with van der Waals surface area (Å²) in [5.74, 6) is 1.56. The molecule has 2 aliphatic heterocycles. The lowest BCUT2D eigenvalue weighted by Gasteiger charge is -2.44. The highest BCUT2D eigenvalue weighted by Gasteiger charge is 2.29. The number of pyridine rings is 1. The Morgan fingerprint density at radius 3 is 3.05 bits per heavy atom. The SMILES string of the molecule is CCOc1nc(N2CCN3CCCCC3C2)ccc1N. The van der Waals surface area contributed by atoms with Gasteiger partial charge in [0.2, 0.25) is 5.88 Å². The van der Waals surface area contributed by atoms with E-state index in [4.69, 9.17) is 10.5 Å². The minimum Gasteiger partial charge on any atom is -0.476 e. The van der Waals surface area contributed by atoms with Gasteiger partial charge < -0.3 is 15.4 Å². The number of anilines is 2. The number of hydrogen-bond donors (Lipinski definition) is 1. The first-order chi connectivity index (χ1) is 9.78. The van der Waals surface area contributed by atoms with E-state index in [1.807, 2.05) is 19.1 Å². The molecule has 2 N–H and O–H groups in total. The van der Waals surface area contributed by atoms with E-state index < -0.39 is 0 Å². The van der Waals surface area contributed by atoms with Gasteiger partial charge in [0.15, 0.2) is 0 Å². The van der Waals surface area contributed by atoms with Crippen LogP contribution in [0.1, 0.15) is 26.2 Å². The third kappa shape index (κ3) is 2.68. The fourth-order valence-electron chi connectivity index (χ4n) is 3.23. The van der Waals surface area contributed by atoms with Crippen LogP contribution in [-0.4, -0.2) is 48.7 Å². The highest BCUT2D eigenvalue weighted by molar-refractivity contribution is 5.54. The van der Waals surface area contributed by atoms with Crippen molar-refractivity contribution in [1.82, 2.24) is 9.88 Å². The van der Waals surface area contributed by atoms with Crippen LogP contribution in [0.25, 0.3) is 0 Å². The number of piperazine rings is 1. The Morgan fingerprint density at radius 2 is 2.20 bits per heavy atom. The number of nitrogen functional groups attached to an aromatic ring is 1. The number of nitrogens with zero attached hydrogens (tertiary/aromatic N) is 3. The Bertz CT molecular complexity index is 465. The molecule has 5 heteroatoms. The van der Waals surface area contributed by atoms with E-state index in [0.29, 0.717) is 24.2 Å². The Morgan fingerprint density at radius 1 is 1.30 bits per heavy atom. The molecule has 1 aromatic heterocycles. The van der Waals surface area contributed by atoms with Crippen LogP contribution < -0.4 is 15.4 Å². The molecule has 2 aliphatic rings. The second kappa shape index (κ2) is 5.87. The first kappa shape index (κ1) is 13.5. The predicted molar refractivity (Wildman–Crippen MR) is 81.2 cm³/mol. The normalized spacial score (nSPS) is 23.4.